The van der Waals surface area contributed by atoms with Crippen LogP contribution in [0, 0.1) is 6.92 Å². The Bertz CT molecular complexity index is 515. The van der Waals surface area contributed by atoms with Gasteiger partial charge in [-0.2, -0.15) is 0 Å². The smallest absolute Gasteiger partial charge is 0.0225 e. The number of allylic oxidation sites excluding steroid dienone is 2. The van der Waals surface area contributed by atoms with Crippen LogP contribution in [0.2, 0.25) is 0 Å². The first-order valence-electron chi connectivity index (χ1n) is 12.9. The molecular formula is C29H50. The molecule has 0 saturated carbocycles. The van der Waals surface area contributed by atoms with E-state index in [2.05, 4.69) is 52.0 Å². The molecule has 0 heteroatoms. The Balaban J connectivity index is 1.94. The van der Waals surface area contributed by atoms with E-state index in [0.29, 0.717) is 0 Å². The van der Waals surface area contributed by atoms with E-state index in [0.717, 1.165) is 0 Å². The summed E-state index contributed by atoms with van der Waals surface area (Å²) in [5.41, 5.74) is 5.83. The van der Waals surface area contributed by atoms with Gasteiger partial charge in [-0.3, -0.25) is 0 Å². The normalized spacial score (nSPS) is 11.0. The fourth-order valence-electron chi connectivity index (χ4n) is 4.29. The largest absolute Gasteiger partial charge is 0.0726 e. The van der Waals surface area contributed by atoms with Crippen LogP contribution < -0.4 is 0 Å². The molecule has 0 fully saturated rings. The van der Waals surface area contributed by atoms with Crippen molar-refractivity contribution < 1.29 is 0 Å². The van der Waals surface area contributed by atoms with Gasteiger partial charge in [-0.25, -0.2) is 0 Å². The van der Waals surface area contributed by atoms with Crippen molar-refractivity contribution in [3.63, 3.8) is 0 Å². The molecule has 0 aromatic heterocycles. The monoisotopic (exact) mass is 398 g/mol. The quantitative estimate of drug-likeness (QED) is 0.216. The van der Waals surface area contributed by atoms with Crippen LogP contribution in [0.3, 0.4) is 0 Å². The molecule has 0 unspecified atom stereocenters. The Morgan fingerprint density at radius 3 is 1.31 bits per heavy atom. The van der Waals surface area contributed by atoms with E-state index >= 15 is 0 Å². The van der Waals surface area contributed by atoms with Crippen LogP contribution >= 0.6 is 0 Å². The van der Waals surface area contributed by atoms with Gasteiger partial charge in [0.1, 0.15) is 0 Å². The lowest BCUT2D eigenvalue weighted by Gasteiger charge is -2.11. The molecule has 166 valence electrons. The molecule has 0 amide bonds. The predicted octanol–water partition coefficient (Wildman–Crippen LogP) is 10.4. The van der Waals surface area contributed by atoms with Gasteiger partial charge in [0.25, 0.3) is 0 Å². The molecule has 1 aromatic rings. The first kappa shape index (κ1) is 26.0. The highest BCUT2D eigenvalue weighted by molar-refractivity contribution is 5.68. The molecule has 0 N–H and O–H groups in total. The lowest BCUT2D eigenvalue weighted by molar-refractivity contribution is 0.530. The van der Waals surface area contributed by atoms with Crippen molar-refractivity contribution in [2.75, 3.05) is 0 Å². The minimum absolute atomic E-state index is 1.24. The van der Waals surface area contributed by atoms with Gasteiger partial charge in [0.05, 0.1) is 0 Å². The van der Waals surface area contributed by atoms with Crippen LogP contribution in [0.1, 0.15) is 141 Å². The summed E-state index contributed by atoms with van der Waals surface area (Å²) in [5.74, 6) is 0. The fourth-order valence-corrected chi connectivity index (χ4v) is 4.29. The van der Waals surface area contributed by atoms with Crippen molar-refractivity contribution in [2.24, 2.45) is 0 Å². The predicted molar refractivity (Wildman–Crippen MR) is 134 cm³/mol. The van der Waals surface area contributed by atoms with Crippen LogP contribution in [0.25, 0.3) is 5.57 Å². The van der Waals surface area contributed by atoms with E-state index in [4.69, 9.17) is 0 Å². The summed E-state index contributed by atoms with van der Waals surface area (Å²) >= 11 is 0. The van der Waals surface area contributed by atoms with E-state index in [9.17, 15) is 0 Å². The van der Waals surface area contributed by atoms with E-state index in [-0.39, 0.29) is 0 Å². The summed E-state index contributed by atoms with van der Waals surface area (Å²) in [7, 11) is 0. The second kappa shape index (κ2) is 17.8. The van der Waals surface area contributed by atoms with Crippen molar-refractivity contribution in [1.82, 2.24) is 0 Å². The van der Waals surface area contributed by atoms with Crippen molar-refractivity contribution >= 4 is 5.57 Å². The Morgan fingerprint density at radius 2 is 0.931 bits per heavy atom. The first-order chi connectivity index (χ1) is 14.1. The van der Waals surface area contributed by atoms with E-state index < -0.39 is 0 Å². The van der Waals surface area contributed by atoms with Gasteiger partial charge in [0.15, 0.2) is 0 Å². The number of hydrogen-bond donors (Lipinski definition) is 0. The highest BCUT2D eigenvalue weighted by Crippen LogP contribution is 2.25. The molecule has 0 aliphatic heterocycles. The van der Waals surface area contributed by atoms with Gasteiger partial charge in [0, 0.05) is 0 Å². The maximum Gasteiger partial charge on any atom is -0.0225 e. The average Bonchev–Trinajstić information content (AvgIpc) is 2.71. The fraction of sp³-hybridized carbons (Fsp3) is 0.724. The van der Waals surface area contributed by atoms with Crippen LogP contribution in [0.5, 0.6) is 0 Å². The molecule has 0 spiro atoms. The molecule has 1 rings (SSSR count). The maximum atomic E-state index is 2.30. The zero-order valence-corrected chi connectivity index (χ0v) is 20.3. The standard InChI is InChI=1S/C29H50/c1-5-6-7-8-9-10-11-12-13-14-15-16-17-18-19-20-21-29(26(2)3)28-24-22-27(4)23-25-28/h22-25H,5-21H2,1-4H3. The molecule has 0 atom stereocenters. The molecule has 0 radical (unpaired) electrons. The summed E-state index contributed by atoms with van der Waals surface area (Å²) in [4.78, 5) is 0. The maximum absolute atomic E-state index is 2.30. The number of unbranched alkanes of at least 4 members (excludes halogenated alkanes) is 15. The molecule has 0 saturated heterocycles. The van der Waals surface area contributed by atoms with Gasteiger partial charge < -0.3 is 0 Å². The number of benzene rings is 1. The highest BCUT2D eigenvalue weighted by Gasteiger charge is 2.04. The Kier molecular flexibility index (Phi) is 15.9. The molecule has 29 heavy (non-hydrogen) atoms. The lowest BCUT2D eigenvalue weighted by atomic mass is 9.95. The second-order valence-electron chi connectivity index (χ2n) is 9.40. The third kappa shape index (κ3) is 13.7. The van der Waals surface area contributed by atoms with Crippen molar-refractivity contribution in [1.29, 1.82) is 0 Å². The van der Waals surface area contributed by atoms with Crippen LogP contribution in [0.4, 0.5) is 0 Å². The summed E-state index contributed by atoms with van der Waals surface area (Å²) in [6.45, 7) is 9.00. The number of rotatable bonds is 18. The summed E-state index contributed by atoms with van der Waals surface area (Å²) in [5, 5.41) is 0. The molecule has 0 bridgehead atoms. The second-order valence-corrected chi connectivity index (χ2v) is 9.40. The lowest BCUT2D eigenvalue weighted by Crippen LogP contribution is -1.90. The number of hydrogen-bond acceptors (Lipinski definition) is 0. The zero-order valence-electron chi connectivity index (χ0n) is 20.3. The van der Waals surface area contributed by atoms with Crippen LogP contribution in [-0.2, 0) is 0 Å². The van der Waals surface area contributed by atoms with E-state index in [1.54, 1.807) is 5.57 Å². The van der Waals surface area contributed by atoms with Crippen molar-refractivity contribution in [3.8, 4) is 0 Å². The van der Waals surface area contributed by atoms with E-state index in [1.165, 1.54) is 126 Å². The average molecular weight is 399 g/mol. The molecule has 0 aliphatic carbocycles. The zero-order chi connectivity index (χ0) is 21.2. The van der Waals surface area contributed by atoms with Gasteiger partial charge in [-0.05, 0) is 44.7 Å². The van der Waals surface area contributed by atoms with Gasteiger partial charge in [-0.1, -0.05) is 139 Å². The van der Waals surface area contributed by atoms with Crippen LogP contribution in [-0.4, -0.2) is 0 Å². The van der Waals surface area contributed by atoms with Gasteiger partial charge in [-0.15, -0.1) is 0 Å². The summed E-state index contributed by atoms with van der Waals surface area (Å²) in [6, 6.07) is 9.08. The molecule has 0 aliphatic rings. The number of aryl methyl sites for hydroxylation is 1. The molecule has 0 heterocycles. The molecular weight excluding hydrogens is 348 g/mol. The van der Waals surface area contributed by atoms with Crippen LogP contribution in [0.15, 0.2) is 29.8 Å². The first-order valence-corrected chi connectivity index (χ1v) is 12.9. The van der Waals surface area contributed by atoms with Crippen molar-refractivity contribution in [2.45, 2.75) is 137 Å². The Morgan fingerprint density at radius 1 is 0.552 bits per heavy atom. The minimum atomic E-state index is 1.24. The summed E-state index contributed by atoms with van der Waals surface area (Å²) < 4.78 is 0. The minimum Gasteiger partial charge on any atom is -0.0726 e. The third-order valence-corrected chi connectivity index (χ3v) is 6.28. The highest BCUT2D eigenvalue weighted by atomic mass is 14.1. The van der Waals surface area contributed by atoms with E-state index in [1.807, 2.05) is 0 Å². The Labute approximate surface area is 183 Å². The SMILES string of the molecule is CCCCCCCCCCCCCCCCCCC(=C(C)C)c1ccc(C)cc1. The topological polar surface area (TPSA) is 0 Å². The summed E-state index contributed by atoms with van der Waals surface area (Å²) in [6.07, 6.45) is 24.3. The van der Waals surface area contributed by atoms with Crippen molar-refractivity contribution in [3.05, 3.63) is 41.0 Å². The Hall–Kier alpha value is -1.04. The third-order valence-electron chi connectivity index (χ3n) is 6.28. The molecule has 0 nitrogen and oxygen atoms in total. The van der Waals surface area contributed by atoms with Gasteiger partial charge in [0.2, 0.25) is 0 Å². The van der Waals surface area contributed by atoms with Gasteiger partial charge >= 0.3 is 0 Å². The molecule has 1 aromatic carbocycles.